The van der Waals surface area contributed by atoms with Crippen molar-refractivity contribution < 1.29 is 9.53 Å². The van der Waals surface area contributed by atoms with E-state index in [-0.39, 0.29) is 18.1 Å². The number of rotatable bonds is 8. The predicted molar refractivity (Wildman–Crippen MR) is 135 cm³/mol. The van der Waals surface area contributed by atoms with Gasteiger partial charge < -0.3 is 10.1 Å². The van der Waals surface area contributed by atoms with E-state index in [1.54, 1.807) is 11.3 Å². The molecule has 5 nitrogen and oxygen atoms in total. The normalized spacial score (nSPS) is 15.8. The molecule has 1 aliphatic heterocycles. The van der Waals surface area contributed by atoms with Crippen molar-refractivity contribution in [2.24, 2.45) is 5.92 Å². The Morgan fingerprint density at radius 1 is 1.12 bits per heavy atom. The third-order valence-electron chi connectivity index (χ3n) is 5.58. The van der Waals surface area contributed by atoms with E-state index < -0.39 is 0 Å². The molecule has 174 valence electrons. The third-order valence-corrected chi connectivity index (χ3v) is 6.81. The number of nitrogens with one attached hydrogen (secondary N) is 1. The van der Waals surface area contributed by atoms with Crippen molar-refractivity contribution in [3.05, 3.63) is 75.3 Å². The average Bonchev–Trinajstić information content (AvgIpc) is 3.27. The zero-order valence-electron chi connectivity index (χ0n) is 19.5. The fourth-order valence-electron chi connectivity index (χ4n) is 4.24. The van der Waals surface area contributed by atoms with Crippen LogP contribution in [0.3, 0.4) is 0 Å². The highest BCUT2D eigenvalue weighted by molar-refractivity contribution is 7.15. The number of hydrogen-bond acceptors (Lipinski definition) is 5. The maximum atomic E-state index is 12.6. The summed E-state index contributed by atoms with van der Waals surface area (Å²) in [6.07, 6.45) is 0.436. The minimum Gasteiger partial charge on any atom is -0.491 e. The van der Waals surface area contributed by atoms with E-state index in [0.717, 1.165) is 35.1 Å². The number of halogens is 1. The molecule has 33 heavy (non-hydrogen) atoms. The largest absolute Gasteiger partial charge is 0.491 e. The van der Waals surface area contributed by atoms with Crippen molar-refractivity contribution in [2.45, 2.75) is 59.4 Å². The van der Waals surface area contributed by atoms with Gasteiger partial charge >= 0.3 is 0 Å². The first-order chi connectivity index (χ1) is 15.8. The molecule has 0 saturated heterocycles. The summed E-state index contributed by atoms with van der Waals surface area (Å²) in [7, 11) is 0. The first-order valence-corrected chi connectivity index (χ1v) is 12.5. The van der Waals surface area contributed by atoms with E-state index in [4.69, 9.17) is 21.3 Å². The summed E-state index contributed by atoms with van der Waals surface area (Å²) in [5.41, 5.74) is 3.27. The lowest BCUT2D eigenvalue weighted by Gasteiger charge is -2.27. The van der Waals surface area contributed by atoms with Gasteiger partial charge in [-0.2, -0.15) is 0 Å². The van der Waals surface area contributed by atoms with Crippen LogP contribution in [0.2, 0.25) is 5.02 Å². The Morgan fingerprint density at radius 2 is 1.79 bits per heavy atom. The Balaban J connectivity index is 1.39. The second-order valence-electron chi connectivity index (χ2n) is 9.08. The van der Waals surface area contributed by atoms with Crippen molar-refractivity contribution in [1.82, 2.24) is 9.88 Å². The maximum absolute atomic E-state index is 12.6. The van der Waals surface area contributed by atoms with Crippen molar-refractivity contribution in [2.75, 3.05) is 5.32 Å². The lowest BCUT2D eigenvalue weighted by atomic mass is 10.0. The number of aromatic nitrogens is 1. The van der Waals surface area contributed by atoms with Gasteiger partial charge in [-0.15, -0.1) is 11.3 Å². The molecule has 0 spiro atoms. The van der Waals surface area contributed by atoms with Crippen LogP contribution in [0, 0.1) is 5.92 Å². The van der Waals surface area contributed by atoms with Crippen LogP contribution >= 0.6 is 22.9 Å². The van der Waals surface area contributed by atoms with Gasteiger partial charge in [0, 0.05) is 23.0 Å². The minimum atomic E-state index is -0.0564. The summed E-state index contributed by atoms with van der Waals surface area (Å²) in [5.74, 6) is 1.17. The SMILES string of the molecule is CC(C)Oc1ccc(CC(=O)Nc2nc3c(s2)CN(Cc2ccc(Cl)cc2)C3C(C)C)cc1. The van der Waals surface area contributed by atoms with Gasteiger partial charge in [-0.05, 0) is 55.2 Å². The first kappa shape index (κ1) is 23.7. The van der Waals surface area contributed by atoms with Gasteiger partial charge in [0.15, 0.2) is 5.13 Å². The Morgan fingerprint density at radius 3 is 2.42 bits per heavy atom. The van der Waals surface area contributed by atoms with Crippen molar-refractivity contribution in [3.63, 3.8) is 0 Å². The molecule has 0 radical (unpaired) electrons. The third kappa shape index (κ3) is 5.94. The van der Waals surface area contributed by atoms with Gasteiger partial charge in [0.05, 0.1) is 24.3 Å². The summed E-state index contributed by atoms with van der Waals surface area (Å²) >= 11 is 7.62. The lowest BCUT2D eigenvalue weighted by molar-refractivity contribution is -0.115. The van der Waals surface area contributed by atoms with Gasteiger partial charge in [-0.3, -0.25) is 9.69 Å². The Bertz CT molecular complexity index is 1090. The quantitative estimate of drug-likeness (QED) is 0.398. The number of hydrogen-bond donors (Lipinski definition) is 1. The van der Waals surface area contributed by atoms with Crippen LogP contribution in [0.5, 0.6) is 5.75 Å². The topological polar surface area (TPSA) is 54.5 Å². The highest BCUT2D eigenvalue weighted by Crippen LogP contribution is 2.43. The molecule has 7 heteroatoms. The molecule has 1 unspecified atom stereocenters. The zero-order valence-corrected chi connectivity index (χ0v) is 21.0. The standard InChI is InChI=1S/C26H30ClN3O2S/c1-16(2)25-24-22(15-30(25)14-19-5-9-20(27)10-6-19)33-26(29-24)28-23(31)13-18-7-11-21(12-8-18)32-17(3)4/h5-12,16-17,25H,13-15H2,1-4H3,(H,28,29,31). The van der Waals surface area contributed by atoms with Crippen LogP contribution in [-0.2, 0) is 24.3 Å². The molecule has 0 fully saturated rings. The number of amides is 1. The van der Waals surface area contributed by atoms with Crippen LogP contribution in [0.1, 0.15) is 55.4 Å². The van der Waals surface area contributed by atoms with E-state index in [0.29, 0.717) is 17.5 Å². The summed E-state index contributed by atoms with van der Waals surface area (Å²) < 4.78 is 5.67. The molecule has 1 atom stereocenters. The number of anilines is 1. The van der Waals surface area contributed by atoms with Crippen molar-refractivity contribution in [1.29, 1.82) is 0 Å². The van der Waals surface area contributed by atoms with E-state index in [2.05, 4.69) is 36.2 Å². The van der Waals surface area contributed by atoms with Gasteiger partial charge in [0.25, 0.3) is 0 Å². The van der Waals surface area contributed by atoms with Gasteiger partial charge in [0.2, 0.25) is 5.91 Å². The van der Waals surface area contributed by atoms with Crippen LogP contribution in [0.15, 0.2) is 48.5 Å². The number of thiazole rings is 1. The molecule has 0 aliphatic carbocycles. The summed E-state index contributed by atoms with van der Waals surface area (Å²) in [4.78, 5) is 21.1. The Kier molecular flexibility index (Phi) is 7.37. The van der Waals surface area contributed by atoms with Crippen molar-refractivity contribution >= 4 is 34.0 Å². The molecule has 2 aromatic carbocycles. The first-order valence-electron chi connectivity index (χ1n) is 11.3. The van der Waals surface area contributed by atoms with E-state index in [1.807, 2.05) is 50.2 Å². The number of ether oxygens (including phenoxy) is 1. The monoisotopic (exact) mass is 483 g/mol. The van der Waals surface area contributed by atoms with Crippen LogP contribution in [-0.4, -0.2) is 21.9 Å². The summed E-state index contributed by atoms with van der Waals surface area (Å²) in [6.45, 7) is 10.1. The zero-order chi connectivity index (χ0) is 23.5. The van der Waals surface area contributed by atoms with E-state index in [1.165, 1.54) is 10.4 Å². The van der Waals surface area contributed by atoms with Gasteiger partial charge in [-0.1, -0.05) is 49.7 Å². The molecule has 4 rings (SSSR count). The molecule has 0 saturated carbocycles. The molecule has 0 bridgehead atoms. The molecular weight excluding hydrogens is 454 g/mol. The molecule has 1 amide bonds. The fourth-order valence-corrected chi connectivity index (χ4v) is 5.41. The Labute approximate surface area is 204 Å². The van der Waals surface area contributed by atoms with E-state index in [9.17, 15) is 4.79 Å². The molecule has 2 heterocycles. The van der Waals surface area contributed by atoms with Gasteiger partial charge in [-0.25, -0.2) is 4.98 Å². The van der Waals surface area contributed by atoms with Crippen molar-refractivity contribution in [3.8, 4) is 5.75 Å². The highest BCUT2D eigenvalue weighted by atomic mass is 35.5. The molecule has 1 N–H and O–H groups in total. The summed E-state index contributed by atoms with van der Waals surface area (Å²) in [6, 6.07) is 15.9. The van der Waals surface area contributed by atoms with Gasteiger partial charge in [0.1, 0.15) is 5.75 Å². The number of carbonyl (C=O) groups excluding carboxylic acids is 1. The predicted octanol–water partition coefficient (Wildman–Crippen LogP) is 6.48. The van der Waals surface area contributed by atoms with E-state index >= 15 is 0 Å². The maximum Gasteiger partial charge on any atom is 0.230 e. The molecule has 3 aromatic rings. The second kappa shape index (κ2) is 10.2. The molecule has 1 aromatic heterocycles. The number of carbonyl (C=O) groups is 1. The van der Waals surface area contributed by atoms with Crippen LogP contribution in [0.25, 0.3) is 0 Å². The number of benzene rings is 2. The number of nitrogens with zero attached hydrogens (tertiary/aromatic N) is 2. The number of fused-ring (bicyclic) bond motifs is 1. The van der Waals surface area contributed by atoms with Crippen LogP contribution < -0.4 is 10.1 Å². The molecular formula is C26H30ClN3O2S. The highest BCUT2D eigenvalue weighted by Gasteiger charge is 2.36. The van der Waals surface area contributed by atoms with Crippen LogP contribution in [0.4, 0.5) is 5.13 Å². The summed E-state index contributed by atoms with van der Waals surface area (Å²) in [5, 5.41) is 4.43. The smallest absolute Gasteiger partial charge is 0.230 e. The molecule has 1 aliphatic rings. The fraction of sp³-hybridized carbons (Fsp3) is 0.385. The average molecular weight is 484 g/mol. The lowest BCUT2D eigenvalue weighted by Crippen LogP contribution is -2.26. The second-order valence-corrected chi connectivity index (χ2v) is 10.6. The Hall–Kier alpha value is -2.41. The minimum absolute atomic E-state index is 0.0564.